The molecular formula is C17H26N6O2S. The first-order valence-electron chi connectivity index (χ1n) is 8.79. The first-order chi connectivity index (χ1) is 12.3. The van der Waals surface area contributed by atoms with Crippen LogP contribution in [0.3, 0.4) is 0 Å². The number of nitrogens with one attached hydrogen (secondary N) is 1. The minimum Gasteiger partial charge on any atom is -0.282 e. The minimum atomic E-state index is -3.36. The SMILES string of the molecule is Cc1n[nH]c(C)c1-c1cncc(C[C@@H]2CCCN(S(=O)(=O)N(C)C)C2)n1. The van der Waals surface area contributed by atoms with Crippen LogP contribution in [0.2, 0.25) is 0 Å². The molecule has 0 amide bonds. The van der Waals surface area contributed by atoms with Crippen LogP contribution in [0.25, 0.3) is 11.3 Å². The van der Waals surface area contributed by atoms with Crippen LogP contribution in [0.15, 0.2) is 12.4 Å². The van der Waals surface area contributed by atoms with Gasteiger partial charge in [0.25, 0.3) is 10.2 Å². The number of hydrogen-bond acceptors (Lipinski definition) is 5. The second-order valence-electron chi connectivity index (χ2n) is 7.07. The number of aromatic nitrogens is 4. The number of piperidine rings is 1. The third-order valence-corrected chi connectivity index (χ3v) is 6.74. The third-order valence-electron chi connectivity index (χ3n) is 4.84. The zero-order valence-corrected chi connectivity index (χ0v) is 16.5. The summed E-state index contributed by atoms with van der Waals surface area (Å²) in [6.45, 7) is 5.01. The molecule has 2 aromatic heterocycles. The van der Waals surface area contributed by atoms with E-state index < -0.39 is 10.2 Å². The summed E-state index contributed by atoms with van der Waals surface area (Å²) >= 11 is 0. The molecule has 3 heterocycles. The molecule has 8 nitrogen and oxygen atoms in total. The summed E-state index contributed by atoms with van der Waals surface area (Å²) in [7, 11) is -0.216. The molecule has 0 aliphatic carbocycles. The molecule has 0 bridgehead atoms. The summed E-state index contributed by atoms with van der Waals surface area (Å²) in [6.07, 6.45) is 6.10. The Morgan fingerprint density at radius 1 is 1.31 bits per heavy atom. The molecule has 0 unspecified atom stereocenters. The van der Waals surface area contributed by atoms with Crippen molar-refractivity contribution in [3.63, 3.8) is 0 Å². The molecule has 0 saturated carbocycles. The Labute approximate surface area is 154 Å². The Kier molecular flexibility index (Phi) is 5.40. The molecular weight excluding hydrogens is 352 g/mol. The van der Waals surface area contributed by atoms with Crippen LogP contribution in [0, 0.1) is 19.8 Å². The van der Waals surface area contributed by atoms with E-state index in [2.05, 4.69) is 15.2 Å². The number of aromatic amines is 1. The standard InChI is InChI=1S/C17H26N6O2S/c1-12-17(13(2)21-20-12)16-10-18-9-15(19-16)8-14-6-5-7-23(11-14)26(24,25)22(3)4/h9-10,14H,5-8,11H2,1-4H3,(H,20,21)/t14-/m0/s1. The van der Waals surface area contributed by atoms with E-state index in [0.717, 1.165) is 47.6 Å². The van der Waals surface area contributed by atoms with Crippen LogP contribution in [-0.4, -0.2) is 64.4 Å². The van der Waals surface area contributed by atoms with Crippen LogP contribution in [-0.2, 0) is 16.6 Å². The fourth-order valence-corrected chi connectivity index (χ4v) is 4.70. The summed E-state index contributed by atoms with van der Waals surface area (Å²) in [5.74, 6) is 0.245. The Bertz CT molecular complexity index is 858. The van der Waals surface area contributed by atoms with Crippen molar-refractivity contribution < 1.29 is 8.42 Å². The molecule has 0 aromatic carbocycles. The maximum Gasteiger partial charge on any atom is 0.281 e. The van der Waals surface area contributed by atoms with Crippen molar-refractivity contribution in [1.29, 1.82) is 0 Å². The highest BCUT2D eigenvalue weighted by atomic mass is 32.2. The zero-order chi connectivity index (χ0) is 18.9. The van der Waals surface area contributed by atoms with Gasteiger partial charge in [-0.3, -0.25) is 10.1 Å². The van der Waals surface area contributed by atoms with Gasteiger partial charge in [0, 0.05) is 44.6 Å². The van der Waals surface area contributed by atoms with Crippen LogP contribution in [0.5, 0.6) is 0 Å². The van der Waals surface area contributed by atoms with E-state index in [1.54, 1.807) is 30.8 Å². The second-order valence-corrected chi connectivity index (χ2v) is 9.21. The van der Waals surface area contributed by atoms with Crippen LogP contribution >= 0.6 is 0 Å². The van der Waals surface area contributed by atoms with Gasteiger partial charge in [0.1, 0.15) is 0 Å². The van der Waals surface area contributed by atoms with E-state index in [4.69, 9.17) is 4.98 Å². The molecule has 142 valence electrons. The smallest absolute Gasteiger partial charge is 0.281 e. The zero-order valence-electron chi connectivity index (χ0n) is 15.7. The van der Waals surface area contributed by atoms with Crippen molar-refractivity contribution in [2.45, 2.75) is 33.1 Å². The summed E-state index contributed by atoms with van der Waals surface area (Å²) in [5.41, 5.74) is 4.54. The normalized spacial score (nSPS) is 19.2. The van der Waals surface area contributed by atoms with Crippen molar-refractivity contribution in [1.82, 2.24) is 28.8 Å². The number of H-pyrrole nitrogens is 1. The van der Waals surface area contributed by atoms with Crippen molar-refractivity contribution in [3.05, 3.63) is 29.5 Å². The van der Waals surface area contributed by atoms with Gasteiger partial charge >= 0.3 is 0 Å². The molecule has 1 N–H and O–H groups in total. The van der Waals surface area contributed by atoms with Gasteiger partial charge in [0.05, 0.1) is 23.3 Å². The first kappa shape index (κ1) is 18.9. The lowest BCUT2D eigenvalue weighted by Crippen LogP contribution is -2.45. The van der Waals surface area contributed by atoms with Gasteiger partial charge in [-0.05, 0) is 39.0 Å². The summed E-state index contributed by atoms with van der Waals surface area (Å²) in [5, 5.41) is 7.19. The number of aryl methyl sites for hydroxylation is 2. The maximum absolute atomic E-state index is 12.4. The number of nitrogens with zero attached hydrogens (tertiary/aromatic N) is 5. The Morgan fingerprint density at radius 3 is 2.73 bits per heavy atom. The molecule has 3 rings (SSSR count). The predicted molar refractivity (Wildman–Crippen MR) is 99.7 cm³/mol. The highest BCUT2D eigenvalue weighted by Crippen LogP contribution is 2.25. The van der Waals surface area contributed by atoms with Crippen molar-refractivity contribution >= 4 is 10.2 Å². The third kappa shape index (κ3) is 3.79. The molecule has 1 saturated heterocycles. The summed E-state index contributed by atoms with van der Waals surface area (Å²) < 4.78 is 27.6. The average molecular weight is 379 g/mol. The Balaban J connectivity index is 1.76. The topological polar surface area (TPSA) is 95.1 Å². The molecule has 1 atom stereocenters. The highest BCUT2D eigenvalue weighted by molar-refractivity contribution is 7.86. The van der Waals surface area contributed by atoms with Crippen molar-refractivity contribution in [3.8, 4) is 11.3 Å². The van der Waals surface area contributed by atoms with E-state index in [9.17, 15) is 8.42 Å². The van der Waals surface area contributed by atoms with E-state index in [-0.39, 0.29) is 5.92 Å². The van der Waals surface area contributed by atoms with Crippen molar-refractivity contribution in [2.24, 2.45) is 5.92 Å². The summed E-state index contributed by atoms with van der Waals surface area (Å²) in [6, 6.07) is 0. The quantitative estimate of drug-likeness (QED) is 0.852. The van der Waals surface area contributed by atoms with Gasteiger partial charge in [-0.15, -0.1) is 0 Å². The largest absolute Gasteiger partial charge is 0.282 e. The highest BCUT2D eigenvalue weighted by Gasteiger charge is 2.30. The second kappa shape index (κ2) is 7.42. The predicted octanol–water partition coefficient (Wildman–Crippen LogP) is 1.54. The van der Waals surface area contributed by atoms with Gasteiger partial charge in [-0.2, -0.15) is 22.1 Å². The number of rotatable bonds is 5. The summed E-state index contributed by atoms with van der Waals surface area (Å²) in [4.78, 5) is 9.09. The average Bonchev–Trinajstić information content (AvgIpc) is 2.94. The van der Waals surface area contributed by atoms with E-state index >= 15 is 0 Å². The van der Waals surface area contributed by atoms with Gasteiger partial charge < -0.3 is 0 Å². The van der Waals surface area contributed by atoms with Gasteiger partial charge in [0.15, 0.2) is 0 Å². The van der Waals surface area contributed by atoms with E-state index in [1.807, 2.05) is 13.8 Å². The minimum absolute atomic E-state index is 0.245. The van der Waals surface area contributed by atoms with Gasteiger partial charge in [-0.25, -0.2) is 4.98 Å². The Morgan fingerprint density at radius 2 is 2.08 bits per heavy atom. The molecule has 0 radical (unpaired) electrons. The fraction of sp³-hybridized carbons (Fsp3) is 0.588. The van der Waals surface area contributed by atoms with Crippen LogP contribution in [0.1, 0.15) is 29.9 Å². The van der Waals surface area contributed by atoms with E-state index in [1.165, 1.54) is 4.31 Å². The molecule has 9 heteroatoms. The van der Waals surface area contributed by atoms with Gasteiger partial charge in [-0.1, -0.05) is 0 Å². The van der Waals surface area contributed by atoms with Crippen LogP contribution < -0.4 is 0 Å². The van der Waals surface area contributed by atoms with Gasteiger partial charge in [0.2, 0.25) is 0 Å². The maximum atomic E-state index is 12.4. The van der Waals surface area contributed by atoms with Crippen LogP contribution in [0.4, 0.5) is 0 Å². The molecule has 0 spiro atoms. The Hall–Kier alpha value is -1.84. The van der Waals surface area contributed by atoms with E-state index in [0.29, 0.717) is 13.1 Å². The molecule has 26 heavy (non-hydrogen) atoms. The lowest BCUT2D eigenvalue weighted by Gasteiger charge is -2.33. The molecule has 1 fully saturated rings. The lowest BCUT2D eigenvalue weighted by atomic mass is 9.95. The molecule has 1 aliphatic heterocycles. The molecule has 2 aromatic rings. The fourth-order valence-electron chi connectivity index (χ4n) is 3.48. The monoisotopic (exact) mass is 378 g/mol. The molecule has 1 aliphatic rings. The van der Waals surface area contributed by atoms with Crippen molar-refractivity contribution in [2.75, 3.05) is 27.2 Å². The lowest BCUT2D eigenvalue weighted by molar-refractivity contribution is 0.253. The first-order valence-corrected chi connectivity index (χ1v) is 10.2. The number of hydrogen-bond donors (Lipinski definition) is 1.